The van der Waals surface area contributed by atoms with Gasteiger partial charge in [-0.05, 0) is 19.1 Å². The Bertz CT molecular complexity index is 627. The summed E-state index contributed by atoms with van der Waals surface area (Å²) < 4.78 is 13.8. The monoisotopic (exact) mass is 328 g/mol. The molecule has 1 N–H and O–H groups in total. The van der Waals surface area contributed by atoms with Crippen LogP contribution >= 0.6 is 22.9 Å². The van der Waals surface area contributed by atoms with Crippen molar-refractivity contribution in [3.63, 3.8) is 0 Å². The molecule has 0 fully saturated rings. The van der Waals surface area contributed by atoms with Crippen LogP contribution in [0.5, 0.6) is 0 Å². The lowest BCUT2D eigenvalue weighted by Gasteiger charge is -2.20. The molecule has 0 atom stereocenters. The molecular weight excluding hydrogens is 315 g/mol. The maximum atomic E-state index is 13.8. The zero-order valence-electron chi connectivity index (χ0n) is 11.3. The normalized spacial score (nSPS) is 11.0. The molecule has 0 unspecified atom stereocenters. The van der Waals surface area contributed by atoms with E-state index in [1.54, 1.807) is 17.2 Å². The SMILES string of the molecule is Cc1cnc(CN(CC(=O)O)Cc2c(F)cccc2Cl)s1. The summed E-state index contributed by atoms with van der Waals surface area (Å²) in [4.78, 5) is 17.8. The van der Waals surface area contributed by atoms with Crippen molar-refractivity contribution >= 4 is 28.9 Å². The third-order valence-electron chi connectivity index (χ3n) is 2.83. The van der Waals surface area contributed by atoms with Gasteiger partial charge in [-0.2, -0.15) is 0 Å². The zero-order valence-corrected chi connectivity index (χ0v) is 12.9. The number of hydrogen-bond acceptors (Lipinski definition) is 4. The van der Waals surface area contributed by atoms with Crippen LogP contribution in [0.4, 0.5) is 4.39 Å². The molecule has 4 nitrogen and oxygen atoms in total. The van der Waals surface area contributed by atoms with Gasteiger partial charge in [0.1, 0.15) is 10.8 Å². The number of aromatic nitrogens is 1. The van der Waals surface area contributed by atoms with Gasteiger partial charge >= 0.3 is 5.97 Å². The average Bonchev–Trinajstić information content (AvgIpc) is 2.78. The van der Waals surface area contributed by atoms with Gasteiger partial charge in [0.15, 0.2) is 0 Å². The summed E-state index contributed by atoms with van der Waals surface area (Å²) in [6.07, 6.45) is 1.73. The topological polar surface area (TPSA) is 53.4 Å². The van der Waals surface area contributed by atoms with E-state index in [2.05, 4.69) is 4.98 Å². The fraction of sp³-hybridized carbons (Fsp3) is 0.286. The number of carbonyl (C=O) groups is 1. The van der Waals surface area contributed by atoms with E-state index in [0.717, 1.165) is 9.88 Å². The van der Waals surface area contributed by atoms with Gasteiger partial charge in [0, 0.05) is 28.2 Å². The van der Waals surface area contributed by atoms with Gasteiger partial charge in [0.05, 0.1) is 13.1 Å². The minimum absolute atomic E-state index is 0.121. The maximum Gasteiger partial charge on any atom is 0.317 e. The van der Waals surface area contributed by atoms with Crippen molar-refractivity contribution in [1.29, 1.82) is 0 Å². The number of thiazole rings is 1. The van der Waals surface area contributed by atoms with Gasteiger partial charge in [-0.3, -0.25) is 9.69 Å². The number of hydrogen-bond donors (Lipinski definition) is 1. The molecule has 0 saturated carbocycles. The number of carboxylic acids is 1. The average molecular weight is 329 g/mol. The van der Waals surface area contributed by atoms with Crippen molar-refractivity contribution in [2.45, 2.75) is 20.0 Å². The Balaban J connectivity index is 2.18. The second kappa shape index (κ2) is 6.98. The van der Waals surface area contributed by atoms with Crippen LogP contribution in [-0.2, 0) is 17.9 Å². The van der Waals surface area contributed by atoms with Gasteiger partial charge < -0.3 is 5.11 Å². The van der Waals surface area contributed by atoms with E-state index in [9.17, 15) is 9.18 Å². The zero-order chi connectivity index (χ0) is 15.4. The summed E-state index contributed by atoms with van der Waals surface area (Å²) in [6.45, 7) is 2.19. The quantitative estimate of drug-likeness (QED) is 0.883. The summed E-state index contributed by atoms with van der Waals surface area (Å²) in [5.74, 6) is -1.41. The number of carboxylic acid groups (broad SMARTS) is 1. The molecule has 0 aliphatic rings. The molecule has 0 amide bonds. The highest BCUT2D eigenvalue weighted by Gasteiger charge is 2.16. The molecule has 0 radical (unpaired) electrons. The molecule has 2 rings (SSSR count). The fourth-order valence-electron chi connectivity index (χ4n) is 1.93. The molecule has 0 spiro atoms. The van der Waals surface area contributed by atoms with E-state index in [0.29, 0.717) is 17.1 Å². The predicted octanol–water partition coefficient (Wildman–Crippen LogP) is 3.33. The molecule has 1 aromatic carbocycles. The second-order valence-electron chi connectivity index (χ2n) is 4.60. The highest BCUT2D eigenvalue weighted by atomic mass is 35.5. The Morgan fingerprint density at radius 3 is 2.81 bits per heavy atom. The Morgan fingerprint density at radius 2 is 2.24 bits per heavy atom. The van der Waals surface area contributed by atoms with Crippen LogP contribution in [0.3, 0.4) is 0 Å². The molecular formula is C14H14ClFN2O2S. The van der Waals surface area contributed by atoms with Crippen molar-refractivity contribution < 1.29 is 14.3 Å². The third-order valence-corrected chi connectivity index (χ3v) is 4.08. The van der Waals surface area contributed by atoms with E-state index in [-0.39, 0.29) is 13.1 Å². The van der Waals surface area contributed by atoms with Gasteiger partial charge in [0.2, 0.25) is 0 Å². The highest BCUT2D eigenvalue weighted by Crippen LogP contribution is 2.22. The molecule has 0 saturated heterocycles. The first-order chi connectivity index (χ1) is 9.95. The van der Waals surface area contributed by atoms with Crippen LogP contribution in [-0.4, -0.2) is 27.5 Å². The Hall–Kier alpha value is -1.50. The fourth-order valence-corrected chi connectivity index (χ4v) is 2.98. The molecule has 7 heteroatoms. The Morgan fingerprint density at radius 1 is 1.48 bits per heavy atom. The summed E-state index contributed by atoms with van der Waals surface area (Å²) in [7, 11) is 0. The molecule has 0 bridgehead atoms. The van der Waals surface area contributed by atoms with Crippen LogP contribution in [0, 0.1) is 12.7 Å². The summed E-state index contributed by atoms with van der Waals surface area (Å²) in [5.41, 5.74) is 0.300. The van der Waals surface area contributed by atoms with Gasteiger partial charge in [-0.25, -0.2) is 9.37 Å². The molecule has 0 aliphatic carbocycles. The Kier molecular flexibility index (Phi) is 5.27. The van der Waals surface area contributed by atoms with Crippen LogP contribution < -0.4 is 0 Å². The lowest BCUT2D eigenvalue weighted by atomic mass is 10.2. The maximum absolute atomic E-state index is 13.8. The van der Waals surface area contributed by atoms with Crippen LogP contribution in [0.2, 0.25) is 5.02 Å². The van der Waals surface area contributed by atoms with Crippen molar-refractivity contribution in [3.8, 4) is 0 Å². The molecule has 1 aromatic heterocycles. The van der Waals surface area contributed by atoms with Crippen LogP contribution in [0.1, 0.15) is 15.4 Å². The predicted molar refractivity (Wildman–Crippen MR) is 80.0 cm³/mol. The van der Waals surface area contributed by atoms with Crippen LogP contribution in [0.25, 0.3) is 0 Å². The van der Waals surface area contributed by atoms with Gasteiger partial charge in [-0.1, -0.05) is 17.7 Å². The van der Waals surface area contributed by atoms with E-state index in [1.165, 1.54) is 23.5 Å². The van der Waals surface area contributed by atoms with Gasteiger partial charge in [0.25, 0.3) is 0 Å². The van der Waals surface area contributed by atoms with Crippen molar-refractivity contribution in [2.75, 3.05) is 6.54 Å². The smallest absolute Gasteiger partial charge is 0.317 e. The molecule has 0 aliphatic heterocycles. The van der Waals surface area contributed by atoms with Crippen LogP contribution in [0.15, 0.2) is 24.4 Å². The largest absolute Gasteiger partial charge is 0.480 e. The van der Waals surface area contributed by atoms with Crippen molar-refractivity contribution in [1.82, 2.24) is 9.88 Å². The number of nitrogens with zero attached hydrogens (tertiary/aromatic N) is 2. The van der Waals surface area contributed by atoms with Crippen molar-refractivity contribution in [2.24, 2.45) is 0 Å². The second-order valence-corrected chi connectivity index (χ2v) is 6.33. The first kappa shape index (κ1) is 15.9. The standard InChI is InChI=1S/C14H14ClFN2O2S/c1-9-5-17-13(21-9)7-18(8-14(19)20)6-10-11(15)3-2-4-12(10)16/h2-5H,6-8H2,1H3,(H,19,20). The lowest BCUT2D eigenvalue weighted by Crippen LogP contribution is -2.29. The summed E-state index contributed by atoms with van der Waals surface area (Å²) in [5, 5.41) is 10.1. The third kappa shape index (κ3) is 4.49. The summed E-state index contributed by atoms with van der Waals surface area (Å²) >= 11 is 7.48. The number of aryl methyl sites for hydroxylation is 1. The lowest BCUT2D eigenvalue weighted by molar-refractivity contribution is -0.138. The molecule has 112 valence electrons. The first-order valence-electron chi connectivity index (χ1n) is 6.24. The first-order valence-corrected chi connectivity index (χ1v) is 7.43. The number of halogens is 2. The molecule has 1 heterocycles. The number of rotatable bonds is 6. The highest BCUT2D eigenvalue weighted by molar-refractivity contribution is 7.11. The van der Waals surface area contributed by atoms with Gasteiger partial charge in [-0.15, -0.1) is 11.3 Å². The Labute approximate surface area is 130 Å². The van der Waals surface area contributed by atoms with E-state index < -0.39 is 11.8 Å². The minimum Gasteiger partial charge on any atom is -0.480 e. The number of benzene rings is 1. The number of aliphatic carboxylic acids is 1. The molecule has 21 heavy (non-hydrogen) atoms. The van der Waals surface area contributed by atoms with E-state index >= 15 is 0 Å². The van der Waals surface area contributed by atoms with E-state index in [4.69, 9.17) is 16.7 Å². The molecule has 2 aromatic rings. The minimum atomic E-state index is -0.976. The summed E-state index contributed by atoms with van der Waals surface area (Å²) in [6, 6.07) is 4.42. The van der Waals surface area contributed by atoms with Crippen molar-refractivity contribution in [3.05, 3.63) is 50.7 Å². The van der Waals surface area contributed by atoms with E-state index in [1.807, 2.05) is 6.92 Å².